The second-order valence-corrected chi connectivity index (χ2v) is 6.26. The second-order valence-electron chi connectivity index (χ2n) is 6.26. The van der Waals surface area contributed by atoms with Crippen LogP contribution in [0.3, 0.4) is 0 Å². The summed E-state index contributed by atoms with van der Waals surface area (Å²) < 4.78 is 2.01. The van der Waals surface area contributed by atoms with Crippen LogP contribution in [0.2, 0.25) is 0 Å². The molecule has 122 valence electrons. The van der Waals surface area contributed by atoms with Crippen LogP contribution in [-0.2, 0) is 6.54 Å². The molecule has 0 amide bonds. The number of hydrogen-bond acceptors (Lipinski definition) is 2. The fourth-order valence-electron chi connectivity index (χ4n) is 2.76. The van der Waals surface area contributed by atoms with Crippen molar-refractivity contribution in [3.8, 4) is 0 Å². The van der Waals surface area contributed by atoms with Crippen molar-refractivity contribution in [1.29, 1.82) is 0 Å². The first-order valence-corrected chi connectivity index (χ1v) is 9.05. The summed E-state index contributed by atoms with van der Waals surface area (Å²) in [6.45, 7) is 5.43. The van der Waals surface area contributed by atoms with Crippen molar-refractivity contribution in [3.05, 3.63) is 18.0 Å². The van der Waals surface area contributed by atoms with Crippen LogP contribution in [0, 0.1) is 0 Å². The van der Waals surface area contributed by atoms with Gasteiger partial charge in [0, 0.05) is 24.3 Å². The molecule has 2 N–H and O–H groups in total. The summed E-state index contributed by atoms with van der Waals surface area (Å²) >= 11 is 0. The van der Waals surface area contributed by atoms with Crippen molar-refractivity contribution in [1.82, 2.24) is 9.78 Å². The Hall–Kier alpha value is -0.830. The SMILES string of the molecule is CCCCCCCCCCCC(N)c1cnn(CCC)c1. The van der Waals surface area contributed by atoms with Gasteiger partial charge in [-0.15, -0.1) is 0 Å². The van der Waals surface area contributed by atoms with E-state index in [4.69, 9.17) is 5.73 Å². The van der Waals surface area contributed by atoms with Gasteiger partial charge in [0.25, 0.3) is 0 Å². The van der Waals surface area contributed by atoms with Gasteiger partial charge in [-0.25, -0.2) is 0 Å². The molecule has 0 bridgehead atoms. The van der Waals surface area contributed by atoms with Crippen molar-refractivity contribution in [2.45, 2.75) is 97.1 Å². The number of nitrogens with zero attached hydrogens (tertiary/aromatic N) is 2. The van der Waals surface area contributed by atoms with Gasteiger partial charge in [0.1, 0.15) is 0 Å². The van der Waals surface area contributed by atoms with Gasteiger partial charge < -0.3 is 5.73 Å². The van der Waals surface area contributed by atoms with E-state index in [0.717, 1.165) is 19.4 Å². The Balaban J connectivity index is 2.01. The largest absolute Gasteiger partial charge is 0.324 e. The van der Waals surface area contributed by atoms with Gasteiger partial charge in [-0.3, -0.25) is 4.68 Å². The van der Waals surface area contributed by atoms with Crippen LogP contribution in [0.15, 0.2) is 12.4 Å². The van der Waals surface area contributed by atoms with E-state index in [1.165, 1.54) is 63.4 Å². The third-order valence-electron chi connectivity index (χ3n) is 4.15. The molecule has 0 saturated heterocycles. The highest BCUT2D eigenvalue weighted by atomic mass is 15.3. The molecule has 0 aromatic carbocycles. The van der Waals surface area contributed by atoms with Crippen LogP contribution in [0.1, 0.15) is 96.1 Å². The summed E-state index contributed by atoms with van der Waals surface area (Å²) in [6.07, 6.45) is 18.6. The summed E-state index contributed by atoms with van der Waals surface area (Å²) in [4.78, 5) is 0. The molecular formula is C18H35N3. The van der Waals surface area contributed by atoms with Gasteiger partial charge in [0.05, 0.1) is 6.20 Å². The Labute approximate surface area is 131 Å². The maximum atomic E-state index is 6.25. The lowest BCUT2D eigenvalue weighted by atomic mass is 10.0. The topological polar surface area (TPSA) is 43.8 Å². The van der Waals surface area contributed by atoms with E-state index in [9.17, 15) is 0 Å². The lowest BCUT2D eigenvalue weighted by Gasteiger charge is -2.09. The van der Waals surface area contributed by atoms with E-state index >= 15 is 0 Å². The summed E-state index contributed by atoms with van der Waals surface area (Å²) in [5.74, 6) is 0. The van der Waals surface area contributed by atoms with Crippen LogP contribution in [-0.4, -0.2) is 9.78 Å². The lowest BCUT2D eigenvalue weighted by Crippen LogP contribution is -2.09. The van der Waals surface area contributed by atoms with E-state index in [0.29, 0.717) is 0 Å². The number of aryl methyl sites for hydroxylation is 1. The number of nitrogens with two attached hydrogens (primary N) is 1. The third kappa shape index (κ3) is 8.25. The van der Waals surface area contributed by atoms with E-state index < -0.39 is 0 Å². The fourth-order valence-corrected chi connectivity index (χ4v) is 2.76. The number of hydrogen-bond donors (Lipinski definition) is 1. The van der Waals surface area contributed by atoms with Gasteiger partial charge >= 0.3 is 0 Å². The minimum atomic E-state index is 0.167. The first-order valence-electron chi connectivity index (χ1n) is 9.05. The van der Waals surface area contributed by atoms with Gasteiger partial charge in [0.2, 0.25) is 0 Å². The molecule has 1 rings (SSSR count). The zero-order chi connectivity index (χ0) is 15.3. The summed E-state index contributed by atoms with van der Waals surface area (Å²) in [6, 6.07) is 0.167. The molecule has 0 fully saturated rings. The van der Waals surface area contributed by atoms with Gasteiger partial charge in [0.15, 0.2) is 0 Å². The monoisotopic (exact) mass is 293 g/mol. The molecule has 1 aromatic heterocycles. The Morgan fingerprint density at radius 3 is 2.19 bits per heavy atom. The summed E-state index contributed by atoms with van der Waals surface area (Å²) in [5.41, 5.74) is 7.44. The fraction of sp³-hybridized carbons (Fsp3) is 0.833. The molecule has 1 unspecified atom stereocenters. The molecule has 0 spiro atoms. The maximum Gasteiger partial charge on any atom is 0.0537 e. The molecule has 3 heteroatoms. The zero-order valence-electron chi connectivity index (χ0n) is 14.2. The molecule has 0 aliphatic rings. The molecule has 0 aliphatic heterocycles. The minimum absolute atomic E-state index is 0.167. The van der Waals surface area contributed by atoms with Crippen LogP contribution in [0.4, 0.5) is 0 Å². The highest BCUT2D eigenvalue weighted by molar-refractivity contribution is 5.09. The third-order valence-corrected chi connectivity index (χ3v) is 4.15. The molecule has 1 aromatic rings. The number of rotatable bonds is 13. The Morgan fingerprint density at radius 2 is 1.57 bits per heavy atom. The van der Waals surface area contributed by atoms with E-state index in [1.54, 1.807) is 0 Å². The van der Waals surface area contributed by atoms with E-state index in [2.05, 4.69) is 25.1 Å². The molecule has 21 heavy (non-hydrogen) atoms. The van der Waals surface area contributed by atoms with Gasteiger partial charge in [-0.2, -0.15) is 5.10 Å². The van der Waals surface area contributed by atoms with Crippen molar-refractivity contribution >= 4 is 0 Å². The molecule has 0 aliphatic carbocycles. The standard InChI is InChI=1S/C18H35N3/c1-3-5-6-7-8-9-10-11-12-13-18(19)17-15-20-21(16-17)14-4-2/h15-16,18H,3-14,19H2,1-2H3. The van der Waals surface area contributed by atoms with E-state index in [1.807, 2.05) is 10.9 Å². The van der Waals surface area contributed by atoms with Crippen molar-refractivity contribution < 1.29 is 0 Å². The van der Waals surface area contributed by atoms with Crippen LogP contribution in [0.25, 0.3) is 0 Å². The predicted octanol–water partition coefficient (Wildman–Crippen LogP) is 5.21. The molecule has 3 nitrogen and oxygen atoms in total. The second kappa shape index (κ2) is 11.8. The van der Waals surface area contributed by atoms with Gasteiger partial charge in [-0.05, 0) is 12.8 Å². The maximum absolute atomic E-state index is 6.25. The van der Waals surface area contributed by atoms with Crippen LogP contribution < -0.4 is 5.73 Å². The summed E-state index contributed by atoms with van der Waals surface area (Å²) in [5, 5.41) is 4.36. The molecular weight excluding hydrogens is 258 g/mol. The molecule has 0 radical (unpaired) electrons. The average molecular weight is 293 g/mol. The molecule has 1 heterocycles. The Kier molecular flexibility index (Phi) is 10.2. The van der Waals surface area contributed by atoms with Gasteiger partial charge in [-0.1, -0.05) is 71.6 Å². The zero-order valence-corrected chi connectivity index (χ0v) is 14.2. The van der Waals surface area contributed by atoms with Crippen molar-refractivity contribution in [3.63, 3.8) is 0 Å². The lowest BCUT2D eigenvalue weighted by molar-refractivity contribution is 0.531. The molecule has 0 saturated carbocycles. The highest BCUT2D eigenvalue weighted by Gasteiger charge is 2.08. The number of unbranched alkanes of at least 4 members (excludes halogenated alkanes) is 8. The predicted molar refractivity (Wildman–Crippen MR) is 91.3 cm³/mol. The van der Waals surface area contributed by atoms with Crippen LogP contribution in [0.5, 0.6) is 0 Å². The number of aromatic nitrogens is 2. The minimum Gasteiger partial charge on any atom is -0.324 e. The van der Waals surface area contributed by atoms with E-state index in [-0.39, 0.29) is 6.04 Å². The Morgan fingerprint density at radius 1 is 0.952 bits per heavy atom. The summed E-state index contributed by atoms with van der Waals surface area (Å²) in [7, 11) is 0. The normalized spacial score (nSPS) is 12.7. The Bertz CT molecular complexity index is 346. The smallest absolute Gasteiger partial charge is 0.0537 e. The average Bonchev–Trinajstić information content (AvgIpc) is 2.94. The van der Waals surface area contributed by atoms with Crippen molar-refractivity contribution in [2.75, 3.05) is 0 Å². The molecule has 1 atom stereocenters. The first-order chi connectivity index (χ1) is 10.3. The van der Waals surface area contributed by atoms with Crippen molar-refractivity contribution in [2.24, 2.45) is 5.73 Å². The van der Waals surface area contributed by atoms with Crippen LogP contribution >= 0.6 is 0 Å². The first kappa shape index (κ1) is 18.2. The highest BCUT2D eigenvalue weighted by Crippen LogP contribution is 2.18. The quantitative estimate of drug-likeness (QED) is 0.507.